The van der Waals surface area contributed by atoms with Crippen LogP contribution in [0.3, 0.4) is 0 Å². The summed E-state index contributed by atoms with van der Waals surface area (Å²) in [6.45, 7) is 3.93. The predicted molar refractivity (Wildman–Crippen MR) is 95.3 cm³/mol. The number of halogens is 1. The summed E-state index contributed by atoms with van der Waals surface area (Å²) in [5.74, 6) is -0.433. The molecule has 8 heteroatoms. The number of hydrogen-bond donors (Lipinski definition) is 1. The largest absolute Gasteiger partial charge is 0.294 e. The smallest absolute Gasteiger partial charge is 0.246 e. The lowest BCUT2D eigenvalue weighted by atomic mass is 9.91. The summed E-state index contributed by atoms with van der Waals surface area (Å²) in [5.41, 5.74) is 1.48. The Labute approximate surface area is 152 Å². The molecule has 1 aliphatic rings. The summed E-state index contributed by atoms with van der Waals surface area (Å²) in [6, 6.07) is 6.78. The molecule has 0 amide bonds. The average Bonchev–Trinajstić information content (AvgIpc) is 2.93. The Morgan fingerprint density at radius 3 is 2.76 bits per heavy atom. The van der Waals surface area contributed by atoms with Crippen molar-refractivity contribution in [1.82, 2.24) is 14.5 Å². The summed E-state index contributed by atoms with van der Waals surface area (Å²) in [5, 5.41) is 7.18. The first-order valence-corrected chi connectivity index (χ1v) is 9.94. The Hall–Kier alpha value is -1.70. The first kappa shape index (κ1) is 18.1. The number of nitrogens with zero attached hydrogens (tertiary/aromatic N) is 2. The van der Waals surface area contributed by atoms with Crippen LogP contribution in [0.25, 0.3) is 0 Å². The lowest BCUT2D eigenvalue weighted by molar-refractivity contribution is 0.0872. The molecule has 1 aromatic carbocycles. The van der Waals surface area contributed by atoms with E-state index in [-0.39, 0.29) is 23.1 Å². The molecule has 0 bridgehead atoms. The second kappa shape index (κ2) is 6.90. The highest BCUT2D eigenvalue weighted by molar-refractivity contribution is 7.89. The van der Waals surface area contributed by atoms with Gasteiger partial charge in [0.15, 0.2) is 5.78 Å². The Bertz CT molecular complexity index is 888. The van der Waals surface area contributed by atoms with Gasteiger partial charge in [-0.2, -0.15) is 9.40 Å². The van der Waals surface area contributed by atoms with Gasteiger partial charge in [0, 0.05) is 29.6 Å². The van der Waals surface area contributed by atoms with Gasteiger partial charge in [0.1, 0.15) is 4.90 Å². The van der Waals surface area contributed by atoms with Crippen LogP contribution in [0.1, 0.15) is 34.6 Å². The fourth-order valence-corrected chi connectivity index (χ4v) is 5.35. The molecule has 0 unspecified atom stereocenters. The van der Waals surface area contributed by atoms with Crippen molar-refractivity contribution in [2.24, 2.45) is 5.92 Å². The SMILES string of the molecule is Cc1n[nH]c(C)c1S(=O)(=O)N1CCC[C@@H](C(=O)c2cccc(Cl)c2)C1. The first-order chi connectivity index (χ1) is 11.8. The minimum Gasteiger partial charge on any atom is -0.294 e. The number of ketones is 1. The van der Waals surface area contributed by atoms with Gasteiger partial charge >= 0.3 is 0 Å². The van der Waals surface area contributed by atoms with Crippen LogP contribution < -0.4 is 0 Å². The van der Waals surface area contributed by atoms with Crippen molar-refractivity contribution in [2.75, 3.05) is 13.1 Å². The van der Waals surface area contributed by atoms with Crippen molar-refractivity contribution in [3.05, 3.63) is 46.2 Å². The van der Waals surface area contributed by atoms with Crippen molar-refractivity contribution >= 4 is 27.4 Å². The van der Waals surface area contributed by atoms with Gasteiger partial charge in [-0.3, -0.25) is 9.89 Å². The Morgan fingerprint density at radius 2 is 2.12 bits per heavy atom. The Kier molecular flexibility index (Phi) is 4.99. The summed E-state index contributed by atoms with van der Waals surface area (Å²) in [4.78, 5) is 13.0. The van der Waals surface area contributed by atoms with E-state index in [1.807, 2.05) is 0 Å². The number of nitrogens with one attached hydrogen (secondary N) is 1. The van der Waals surface area contributed by atoms with E-state index in [1.165, 1.54) is 4.31 Å². The number of aromatic nitrogens is 2. The summed E-state index contributed by atoms with van der Waals surface area (Å²) < 4.78 is 27.4. The van der Waals surface area contributed by atoms with Crippen molar-refractivity contribution in [3.63, 3.8) is 0 Å². The van der Waals surface area contributed by atoms with Crippen molar-refractivity contribution in [2.45, 2.75) is 31.6 Å². The monoisotopic (exact) mass is 381 g/mol. The highest BCUT2D eigenvalue weighted by Gasteiger charge is 2.35. The highest BCUT2D eigenvalue weighted by atomic mass is 35.5. The summed E-state index contributed by atoms with van der Waals surface area (Å²) in [6.07, 6.45) is 1.31. The second-order valence-electron chi connectivity index (χ2n) is 6.34. The molecule has 1 saturated heterocycles. The van der Waals surface area contributed by atoms with Gasteiger partial charge in [-0.1, -0.05) is 23.7 Å². The van der Waals surface area contributed by atoms with Gasteiger partial charge in [0.2, 0.25) is 10.0 Å². The van der Waals surface area contributed by atoms with Crippen LogP contribution in [0.15, 0.2) is 29.2 Å². The molecule has 25 heavy (non-hydrogen) atoms. The second-order valence-corrected chi connectivity index (χ2v) is 8.65. The maximum absolute atomic E-state index is 13.0. The molecule has 1 aliphatic heterocycles. The third-order valence-corrected chi connectivity index (χ3v) is 6.89. The van der Waals surface area contributed by atoms with Gasteiger partial charge in [-0.25, -0.2) is 8.42 Å². The minimum atomic E-state index is -3.68. The van der Waals surface area contributed by atoms with E-state index in [2.05, 4.69) is 10.2 Å². The Balaban J connectivity index is 1.85. The lowest BCUT2D eigenvalue weighted by Crippen LogP contribution is -2.42. The molecule has 0 saturated carbocycles. The fourth-order valence-electron chi connectivity index (χ4n) is 3.30. The van der Waals surface area contributed by atoms with E-state index in [0.717, 1.165) is 0 Å². The zero-order chi connectivity index (χ0) is 18.2. The van der Waals surface area contributed by atoms with Crippen LogP contribution in [-0.4, -0.2) is 41.8 Å². The number of hydrogen-bond acceptors (Lipinski definition) is 4. The maximum Gasteiger partial charge on any atom is 0.246 e. The quantitative estimate of drug-likeness (QED) is 0.825. The van der Waals surface area contributed by atoms with Crippen molar-refractivity contribution in [1.29, 1.82) is 0 Å². The predicted octanol–water partition coefficient (Wildman–Crippen LogP) is 2.96. The number of aryl methyl sites for hydroxylation is 2. The molecule has 2 aromatic rings. The molecule has 0 spiro atoms. The first-order valence-electron chi connectivity index (χ1n) is 8.12. The zero-order valence-electron chi connectivity index (χ0n) is 14.1. The molecule has 0 aliphatic carbocycles. The zero-order valence-corrected chi connectivity index (χ0v) is 15.7. The van der Waals surface area contributed by atoms with E-state index < -0.39 is 10.0 Å². The van der Waals surface area contributed by atoms with Crippen LogP contribution in [0.2, 0.25) is 5.02 Å². The standard InChI is InChI=1S/C17H20ClN3O3S/c1-11-17(12(2)20-19-11)25(23,24)21-8-4-6-14(10-21)16(22)13-5-3-7-15(18)9-13/h3,5,7,9,14H,4,6,8,10H2,1-2H3,(H,19,20)/t14-/m1/s1. The van der Waals surface area contributed by atoms with Gasteiger partial charge in [-0.05, 0) is 38.8 Å². The number of benzene rings is 1. The van der Waals surface area contributed by atoms with Gasteiger partial charge < -0.3 is 0 Å². The molecule has 0 radical (unpaired) electrons. The van der Waals surface area contributed by atoms with Gasteiger partial charge in [0.25, 0.3) is 0 Å². The molecule has 2 heterocycles. The number of carbonyl (C=O) groups is 1. The minimum absolute atomic E-state index is 0.0666. The maximum atomic E-state index is 13.0. The number of H-pyrrole nitrogens is 1. The molecule has 6 nitrogen and oxygen atoms in total. The third kappa shape index (κ3) is 3.49. The number of carbonyl (C=O) groups excluding carboxylic acids is 1. The summed E-state index contributed by atoms with van der Waals surface area (Å²) >= 11 is 5.96. The molecular formula is C17H20ClN3O3S. The van der Waals surface area contributed by atoms with E-state index in [0.29, 0.717) is 41.4 Å². The van der Waals surface area contributed by atoms with Crippen LogP contribution in [-0.2, 0) is 10.0 Å². The fraction of sp³-hybridized carbons (Fsp3) is 0.412. The molecule has 1 N–H and O–H groups in total. The molecule has 1 aromatic heterocycles. The third-order valence-electron chi connectivity index (χ3n) is 4.52. The normalized spacial score (nSPS) is 19.1. The molecular weight excluding hydrogens is 362 g/mol. The van der Waals surface area contributed by atoms with Crippen LogP contribution >= 0.6 is 11.6 Å². The number of piperidine rings is 1. The van der Waals surface area contributed by atoms with Gasteiger partial charge in [0.05, 0.1) is 11.4 Å². The van der Waals surface area contributed by atoms with Crippen LogP contribution in [0.4, 0.5) is 0 Å². The van der Waals surface area contributed by atoms with E-state index in [9.17, 15) is 13.2 Å². The Morgan fingerprint density at radius 1 is 1.36 bits per heavy atom. The van der Waals surface area contributed by atoms with Crippen LogP contribution in [0.5, 0.6) is 0 Å². The van der Waals surface area contributed by atoms with Gasteiger partial charge in [-0.15, -0.1) is 0 Å². The lowest BCUT2D eigenvalue weighted by Gasteiger charge is -2.31. The van der Waals surface area contributed by atoms with Crippen molar-refractivity contribution < 1.29 is 13.2 Å². The molecule has 3 rings (SSSR count). The highest BCUT2D eigenvalue weighted by Crippen LogP contribution is 2.28. The number of rotatable bonds is 4. The average molecular weight is 382 g/mol. The van der Waals surface area contributed by atoms with E-state index in [1.54, 1.807) is 38.1 Å². The number of Topliss-reactive ketones (excluding diaryl/α,β-unsaturated/α-hetero) is 1. The van der Waals surface area contributed by atoms with E-state index >= 15 is 0 Å². The summed E-state index contributed by atoms with van der Waals surface area (Å²) in [7, 11) is -3.68. The molecule has 134 valence electrons. The van der Waals surface area contributed by atoms with Crippen LogP contribution in [0, 0.1) is 19.8 Å². The number of sulfonamides is 1. The topological polar surface area (TPSA) is 83.1 Å². The number of aromatic amines is 1. The molecule has 1 fully saturated rings. The van der Waals surface area contributed by atoms with Crippen molar-refractivity contribution in [3.8, 4) is 0 Å². The van der Waals surface area contributed by atoms with E-state index in [4.69, 9.17) is 11.6 Å². The molecule has 1 atom stereocenters.